The number of aryl methyl sites for hydroxylation is 1. The lowest BCUT2D eigenvalue weighted by Crippen LogP contribution is -2.49. The highest BCUT2D eigenvalue weighted by atomic mass is 16.5. The topological polar surface area (TPSA) is 66.7 Å². The number of H-pyrrole nitrogens is 1. The van der Waals surface area contributed by atoms with Crippen LogP contribution in [0.3, 0.4) is 0 Å². The fraction of sp³-hybridized carbons (Fsp3) is 0.444. The molecule has 120 valence electrons. The van der Waals surface area contributed by atoms with Gasteiger partial charge in [-0.25, -0.2) is 0 Å². The van der Waals surface area contributed by atoms with Gasteiger partial charge >= 0.3 is 0 Å². The molecule has 1 aliphatic heterocycles. The first kappa shape index (κ1) is 14.5. The maximum absolute atomic E-state index is 5.30. The second-order valence-electron chi connectivity index (χ2n) is 6.35. The summed E-state index contributed by atoms with van der Waals surface area (Å²) in [5.74, 6) is 1.36. The van der Waals surface area contributed by atoms with E-state index in [1.54, 1.807) is 0 Å². The van der Waals surface area contributed by atoms with Gasteiger partial charge in [0.25, 0.3) is 0 Å². The minimum atomic E-state index is -0.375. The summed E-state index contributed by atoms with van der Waals surface area (Å²) >= 11 is 0. The zero-order chi connectivity index (χ0) is 15.9. The molecule has 0 aliphatic carbocycles. The number of hydrogen-bond acceptors (Lipinski definition) is 4. The van der Waals surface area contributed by atoms with Gasteiger partial charge in [-0.2, -0.15) is 4.98 Å². The van der Waals surface area contributed by atoms with Crippen molar-refractivity contribution in [2.75, 3.05) is 6.54 Å². The number of benzene rings is 1. The maximum Gasteiger partial charge on any atom is 0.223 e. The second-order valence-corrected chi connectivity index (χ2v) is 6.35. The van der Waals surface area contributed by atoms with Crippen LogP contribution in [0.25, 0.3) is 10.9 Å². The highest BCUT2D eigenvalue weighted by Crippen LogP contribution is 2.40. The van der Waals surface area contributed by atoms with Gasteiger partial charge in [-0.1, -0.05) is 43.1 Å². The van der Waals surface area contributed by atoms with Crippen molar-refractivity contribution in [3.63, 3.8) is 0 Å². The van der Waals surface area contributed by atoms with Crippen LogP contribution in [0.2, 0.25) is 0 Å². The third-order valence-corrected chi connectivity index (χ3v) is 4.86. The number of fused-ring (bicyclic) bond motifs is 3. The van der Waals surface area contributed by atoms with Crippen molar-refractivity contribution in [3.8, 4) is 0 Å². The van der Waals surface area contributed by atoms with Crippen molar-refractivity contribution in [1.82, 2.24) is 20.4 Å². The van der Waals surface area contributed by atoms with Crippen LogP contribution in [-0.2, 0) is 12.0 Å². The number of aromatic nitrogens is 3. The third kappa shape index (κ3) is 2.18. The normalized spacial score (nSPS) is 20.8. The number of aromatic amines is 1. The molecule has 1 aromatic carbocycles. The van der Waals surface area contributed by atoms with Gasteiger partial charge in [-0.15, -0.1) is 0 Å². The first-order valence-electron chi connectivity index (χ1n) is 8.40. The number of para-hydroxylation sites is 1. The van der Waals surface area contributed by atoms with Crippen molar-refractivity contribution >= 4 is 10.9 Å². The van der Waals surface area contributed by atoms with Gasteiger partial charge in [0, 0.05) is 30.1 Å². The Labute approximate surface area is 135 Å². The van der Waals surface area contributed by atoms with Crippen molar-refractivity contribution in [1.29, 1.82) is 0 Å². The lowest BCUT2D eigenvalue weighted by Gasteiger charge is -2.36. The monoisotopic (exact) mass is 310 g/mol. The predicted molar refractivity (Wildman–Crippen MR) is 89.3 cm³/mol. The summed E-state index contributed by atoms with van der Waals surface area (Å²) in [4.78, 5) is 8.21. The molecule has 2 N–H and O–H groups in total. The van der Waals surface area contributed by atoms with Crippen molar-refractivity contribution < 1.29 is 4.52 Å². The molecule has 1 unspecified atom stereocenters. The molecule has 0 radical (unpaired) electrons. The zero-order valence-corrected chi connectivity index (χ0v) is 13.6. The Morgan fingerprint density at radius 2 is 2.17 bits per heavy atom. The van der Waals surface area contributed by atoms with E-state index in [0.29, 0.717) is 5.89 Å². The molecule has 5 nitrogen and oxygen atoms in total. The molecule has 3 aromatic rings. The number of unbranched alkanes of at least 4 members (excludes halogenated alkanes) is 1. The summed E-state index contributed by atoms with van der Waals surface area (Å²) in [5.41, 5.74) is 3.40. The Morgan fingerprint density at radius 3 is 2.96 bits per heavy atom. The van der Waals surface area contributed by atoms with E-state index >= 15 is 0 Å². The molecule has 0 amide bonds. The Balaban J connectivity index is 1.94. The van der Waals surface area contributed by atoms with Crippen LogP contribution >= 0.6 is 0 Å². The molecule has 0 fully saturated rings. The average molecular weight is 310 g/mol. The first-order chi connectivity index (χ1) is 11.2. The molecule has 0 spiro atoms. The van der Waals surface area contributed by atoms with Crippen LogP contribution in [-0.4, -0.2) is 21.7 Å². The molecule has 0 bridgehead atoms. The summed E-state index contributed by atoms with van der Waals surface area (Å²) in [6, 6.07) is 8.51. The van der Waals surface area contributed by atoms with Gasteiger partial charge in [-0.3, -0.25) is 5.32 Å². The summed E-state index contributed by atoms with van der Waals surface area (Å²) in [6.45, 7) is 4.98. The summed E-state index contributed by atoms with van der Waals surface area (Å²) in [7, 11) is 0. The largest absolute Gasteiger partial charge is 0.356 e. The molecule has 1 aliphatic rings. The van der Waals surface area contributed by atoms with Crippen molar-refractivity contribution in [2.24, 2.45) is 0 Å². The standard InChI is InChI=1S/C18H22N4O/c1-3-4-10-18(17-20-12(2)23-22-17)16-14(9-11-19-18)13-7-5-6-8-15(13)21-16/h5-8,19,21H,3-4,9-11H2,1-2H3. The van der Waals surface area contributed by atoms with Crippen LogP contribution in [0, 0.1) is 6.92 Å². The molecular weight excluding hydrogens is 288 g/mol. The van der Waals surface area contributed by atoms with E-state index in [1.807, 2.05) is 6.92 Å². The van der Waals surface area contributed by atoms with Gasteiger partial charge in [0.05, 0.1) is 0 Å². The molecule has 1 atom stereocenters. The van der Waals surface area contributed by atoms with Crippen LogP contribution in [0.1, 0.15) is 49.2 Å². The Bertz CT molecular complexity index is 835. The van der Waals surface area contributed by atoms with Crippen molar-refractivity contribution in [3.05, 3.63) is 47.2 Å². The summed E-state index contributed by atoms with van der Waals surface area (Å²) in [5, 5.41) is 9.27. The fourth-order valence-corrected chi connectivity index (χ4v) is 3.74. The Hall–Kier alpha value is -2.14. The number of nitrogens with zero attached hydrogens (tertiary/aromatic N) is 2. The highest BCUT2D eigenvalue weighted by Gasteiger charge is 2.43. The van der Waals surface area contributed by atoms with Gasteiger partial charge in [0.1, 0.15) is 5.54 Å². The quantitative estimate of drug-likeness (QED) is 0.774. The average Bonchev–Trinajstić information content (AvgIpc) is 3.17. The smallest absolute Gasteiger partial charge is 0.223 e. The first-order valence-corrected chi connectivity index (χ1v) is 8.40. The Kier molecular flexibility index (Phi) is 3.45. The molecule has 2 aromatic heterocycles. The highest BCUT2D eigenvalue weighted by molar-refractivity contribution is 5.85. The van der Waals surface area contributed by atoms with Crippen LogP contribution in [0.5, 0.6) is 0 Å². The fourth-order valence-electron chi connectivity index (χ4n) is 3.74. The minimum Gasteiger partial charge on any atom is -0.356 e. The zero-order valence-electron chi connectivity index (χ0n) is 13.6. The van der Waals surface area contributed by atoms with E-state index in [4.69, 9.17) is 4.52 Å². The Morgan fingerprint density at radius 1 is 1.30 bits per heavy atom. The SMILES string of the molecule is CCCCC1(c2noc(C)n2)NCCc2c1[nH]c1ccccc21. The predicted octanol–water partition coefficient (Wildman–Crippen LogP) is 3.44. The van der Waals surface area contributed by atoms with E-state index in [-0.39, 0.29) is 5.54 Å². The lowest BCUT2D eigenvalue weighted by atomic mass is 9.82. The van der Waals surface area contributed by atoms with Gasteiger partial charge in [0.15, 0.2) is 5.82 Å². The molecule has 5 heteroatoms. The molecular formula is C18H22N4O. The van der Waals surface area contributed by atoms with Crippen molar-refractivity contribution in [2.45, 2.75) is 45.1 Å². The minimum absolute atomic E-state index is 0.375. The summed E-state index contributed by atoms with van der Waals surface area (Å²) in [6.07, 6.45) is 4.22. The van der Waals surface area contributed by atoms with Crippen LogP contribution in [0.15, 0.2) is 28.8 Å². The number of nitrogens with one attached hydrogen (secondary N) is 2. The summed E-state index contributed by atoms with van der Waals surface area (Å²) < 4.78 is 5.30. The second kappa shape index (κ2) is 5.49. The molecule has 4 rings (SSSR count). The molecule has 0 saturated heterocycles. The molecule has 3 heterocycles. The number of hydrogen-bond donors (Lipinski definition) is 2. The van der Waals surface area contributed by atoms with Gasteiger partial charge < -0.3 is 9.51 Å². The van der Waals surface area contributed by atoms with E-state index in [9.17, 15) is 0 Å². The van der Waals surface area contributed by atoms with E-state index in [1.165, 1.54) is 22.2 Å². The van der Waals surface area contributed by atoms with Gasteiger partial charge in [0.2, 0.25) is 5.89 Å². The third-order valence-electron chi connectivity index (χ3n) is 4.86. The van der Waals surface area contributed by atoms with E-state index in [0.717, 1.165) is 38.1 Å². The van der Waals surface area contributed by atoms with E-state index in [2.05, 4.69) is 51.6 Å². The lowest BCUT2D eigenvalue weighted by molar-refractivity contribution is 0.300. The van der Waals surface area contributed by atoms with Crippen LogP contribution < -0.4 is 5.32 Å². The number of rotatable bonds is 4. The van der Waals surface area contributed by atoms with Gasteiger partial charge in [-0.05, 0) is 24.5 Å². The molecule has 0 saturated carbocycles. The van der Waals surface area contributed by atoms with E-state index < -0.39 is 0 Å². The maximum atomic E-state index is 5.30. The molecule has 23 heavy (non-hydrogen) atoms. The van der Waals surface area contributed by atoms with Crippen LogP contribution in [0.4, 0.5) is 0 Å².